The van der Waals surface area contributed by atoms with E-state index < -0.39 is 0 Å². The third-order valence-electron chi connectivity index (χ3n) is 4.22. The number of furan rings is 1. The van der Waals surface area contributed by atoms with Crippen molar-refractivity contribution in [3.05, 3.63) is 34.5 Å². The lowest BCUT2D eigenvalue weighted by Crippen LogP contribution is -2.54. The molecule has 1 aromatic heterocycles. The summed E-state index contributed by atoms with van der Waals surface area (Å²) in [6.07, 6.45) is 0. The topological polar surface area (TPSA) is 28.4 Å². The van der Waals surface area contributed by atoms with Crippen LogP contribution in [-0.2, 0) is 0 Å². The van der Waals surface area contributed by atoms with Crippen LogP contribution in [0.2, 0.25) is 0 Å². The van der Waals surface area contributed by atoms with Crippen molar-refractivity contribution >= 4 is 26.9 Å². The molecule has 1 N–H and O–H groups in total. The van der Waals surface area contributed by atoms with Crippen molar-refractivity contribution < 1.29 is 4.42 Å². The minimum atomic E-state index is 0.306. The van der Waals surface area contributed by atoms with Crippen LogP contribution in [0.4, 0.5) is 0 Å². The molecule has 1 aliphatic heterocycles. The van der Waals surface area contributed by atoms with E-state index in [1.807, 2.05) is 12.1 Å². The van der Waals surface area contributed by atoms with Gasteiger partial charge < -0.3 is 9.73 Å². The Hall–Kier alpha value is -0.840. The van der Waals surface area contributed by atoms with Crippen LogP contribution in [0, 0.1) is 0 Å². The molecular formula is C16H21BrN2O. The Morgan fingerprint density at radius 1 is 1.35 bits per heavy atom. The average molecular weight is 337 g/mol. The van der Waals surface area contributed by atoms with Crippen LogP contribution < -0.4 is 5.32 Å². The summed E-state index contributed by atoms with van der Waals surface area (Å²) in [6.45, 7) is 8.84. The smallest absolute Gasteiger partial charge is 0.134 e. The molecule has 0 bridgehead atoms. The first-order chi connectivity index (χ1) is 9.54. The molecule has 0 radical (unpaired) electrons. The maximum Gasteiger partial charge on any atom is 0.134 e. The minimum Gasteiger partial charge on any atom is -0.459 e. The van der Waals surface area contributed by atoms with Gasteiger partial charge in [-0.2, -0.15) is 0 Å². The first-order valence-electron chi connectivity index (χ1n) is 7.22. The van der Waals surface area contributed by atoms with E-state index in [1.54, 1.807) is 0 Å². The lowest BCUT2D eigenvalue weighted by molar-refractivity contribution is 0.0929. The van der Waals surface area contributed by atoms with Crippen LogP contribution in [-0.4, -0.2) is 30.1 Å². The van der Waals surface area contributed by atoms with Crippen molar-refractivity contribution in [3.63, 3.8) is 0 Å². The third-order valence-corrected chi connectivity index (χ3v) is 4.71. The molecule has 0 saturated carbocycles. The predicted octanol–water partition coefficient (Wildman–Crippen LogP) is 3.94. The highest BCUT2D eigenvalue weighted by molar-refractivity contribution is 9.10. The van der Waals surface area contributed by atoms with Crippen LogP contribution in [0.3, 0.4) is 0 Å². The zero-order valence-electron chi connectivity index (χ0n) is 12.2. The number of nitrogens with zero attached hydrogens (tertiary/aromatic N) is 1. The van der Waals surface area contributed by atoms with Gasteiger partial charge in [-0.15, -0.1) is 0 Å². The second-order valence-electron chi connectivity index (χ2n) is 5.86. The highest BCUT2D eigenvalue weighted by atomic mass is 79.9. The van der Waals surface area contributed by atoms with Crippen LogP contribution in [0.5, 0.6) is 0 Å². The largest absolute Gasteiger partial charge is 0.459 e. The molecule has 1 saturated heterocycles. The van der Waals surface area contributed by atoms with Crippen molar-refractivity contribution in [3.8, 4) is 0 Å². The summed E-state index contributed by atoms with van der Waals surface area (Å²) < 4.78 is 7.13. The van der Waals surface area contributed by atoms with E-state index in [2.05, 4.69) is 59.1 Å². The monoisotopic (exact) mass is 336 g/mol. The molecule has 2 heterocycles. The van der Waals surface area contributed by atoms with Crippen molar-refractivity contribution in [1.29, 1.82) is 0 Å². The number of hydrogen-bond donors (Lipinski definition) is 1. The molecule has 3 nitrogen and oxygen atoms in total. The maximum absolute atomic E-state index is 6.04. The van der Waals surface area contributed by atoms with Gasteiger partial charge in [0.25, 0.3) is 0 Å². The summed E-state index contributed by atoms with van der Waals surface area (Å²) in [4.78, 5) is 2.52. The van der Waals surface area contributed by atoms with Gasteiger partial charge in [-0.3, -0.25) is 4.90 Å². The molecule has 1 aromatic carbocycles. The lowest BCUT2D eigenvalue weighted by atomic mass is 10.1. The molecule has 108 valence electrons. The molecule has 1 fully saturated rings. The van der Waals surface area contributed by atoms with Crippen LogP contribution in [0.15, 0.2) is 33.2 Å². The molecule has 3 rings (SSSR count). The van der Waals surface area contributed by atoms with Gasteiger partial charge in [0.15, 0.2) is 0 Å². The van der Waals surface area contributed by atoms with Gasteiger partial charge in [-0.05, 0) is 45.0 Å². The average Bonchev–Trinajstić information content (AvgIpc) is 2.83. The normalized spacial score (nSPS) is 26.0. The Kier molecular flexibility index (Phi) is 3.89. The minimum absolute atomic E-state index is 0.306. The van der Waals surface area contributed by atoms with Crippen molar-refractivity contribution in [2.24, 2.45) is 0 Å². The molecule has 1 aliphatic rings. The standard InChI is InChI=1S/C16H21BrN2O/c1-10-9-19(11(2)8-18-10)12(3)16-7-13-6-14(17)4-5-15(13)20-16/h4-7,10-12,18H,8-9H2,1-3H3. The van der Waals surface area contributed by atoms with E-state index in [1.165, 1.54) is 0 Å². The molecular weight excluding hydrogens is 316 g/mol. The van der Waals surface area contributed by atoms with Crippen LogP contribution in [0.25, 0.3) is 11.0 Å². The van der Waals surface area contributed by atoms with Gasteiger partial charge in [-0.25, -0.2) is 0 Å². The van der Waals surface area contributed by atoms with Gasteiger partial charge in [0.2, 0.25) is 0 Å². The summed E-state index contributed by atoms with van der Waals surface area (Å²) in [5, 5.41) is 4.69. The van der Waals surface area contributed by atoms with Crippen molar-refractivity contribution in [2.45, 2.75) is 38.9 Å². The van der Waals surface area contributed by atoms with Crippen molar-refractivity contribution in [1.82, 2.24) is 10.2 Å². The van der Waals surface area contributed by atoms with Crippen LogP contribution in [0.1, 0.15) is 32.6 Å². The van der Waals surface area contributed by atoms with Gasteiger partial charge in [0, 0.05) is 35.0 Å². The second kappa shape index (κ2) is 5.51. The van der Waals surface area contributed by atoms with Gasteiger partial charge in [0.1, 0.15) is 11.3 Å². The number of piperazine rings is 1. The second-order valence-corrected chi connectivity index (χ2v) is 6.78. The quantitative estimate of drug-likeness (QED) is 0.900. The number of hydrogen-bond acceptors (Lipinski definition) is 3. The lowest BCUT2D eigenvalue weighted by Gasteiger charge is -2.40. The number of halogens is 1. The zero-order chi connectivity index (χ0) is 14.3. The van der Waals surface area contributed by atoms with E-state index in [0.29, 0.717) is 18.1 Å². The fourth-order valence-electron chi connectivity index (χ4n) is 2.99. The Balaban J connectivity index is 1.89. The van der Waals surface area contributed by atoms with Gasteiger partial charge in [-0.1, -0.05) is 15.9 Å². The first kappa shape index (κ1) is 14.1. The molecule has 2 aromatic rings. The number of nitrogens with one attached hydrogen (secondary N) is 1. The Bertz CT molecular complexity index is 610. The predicted molar refractivity (Wildman–Crippen MR) is 86.0 cm³/mol. The molecule has 20 heavy (non-hydrogen) atoms. The molecule has 0 spiro atoms. The number of fused-ring (bicyclic) bond motifs is 1. The maximum atomic E-state index is 6.04. The fourth-order valence-corrected chi connectivity index (χ4v) is 3.37. The van der Waals surface area contributed by atoms with Crippen molar-refractivity contribution in [2.75, 3.05) is 13.1 Å². The Morgan fingerprint density at radius 2 is 2.15 bits per heavy atom. The van der Waals surface area contributed by atoms with E-state index in [-0.39, 0.29) is 0 Å². The SMILES string of the molecule is CC1CN(C(C)c2cc3cc(Br)ccc3o2)C(C)CN1. The molecule has 3 atom stereocenters. The number of rotatable bonds is 2. The van der Waals surface area contributed by atoms with E-state index in [4.69, 9.17) is 4.42 Å². The van der Waals surface area contributed by atoms with Gasteiger partial charge in [0.05, 0.1) is 6.04 Å². The summed E-state index contributed by atoms with van der Waals surface area (Å²) in [5.74, 6) is 1.05. The molecule has 3 unspecified atom stereocenters. The molecule has 0 amide bonds. The Morgan fingerprint density at radius 3 is 2.95 bits per heavy atom. The summed E-state index contributed by atoms with van der Waals surface area (Å²) in [6, 6.07) is 9.70. The number of benzene rings is 1. The Labute approximate surface area is 128 Å². The highest BCUT2D eigenvalue weighted by Crippen LogP contribution is 2.30. The van der Waals surface area contributed by atoms with E-state index >= 15 is 0 Å². The summed E-state index contributed by atoms with van der Waals surface area (Å²) >= 11 is 3.51. The molecule has 4 heteroatoms. The zero-order valence-corrected chi connectivity index (χ0v) is 13.8. The fraction of sp³-hybridized carbons (Fsp3) is 0.500. The molecule has 0 aliphatic carbocycles. The first-order valence-corrected chi connectivity index (χ1v) is 8.02. The van der Waals surface area contributed by atoms with Gasteiger partial charge >= 0.3 is 0 Å². The van der Waals surface area contributed by atoms with E-state index in [0.717, 1.165) is 34.3 Å². The van der Waals surface area contributed by atoms with Crippen LogP contribution >= 0.6 is 15.9 Å². The van der Waals surface area contributed by atoms with E-state index in [9.17, 15) is 0 Å². The summed E-state index contributed by atoms with van der Waals surface area (Å²) in [7, 11) is 0. The highest BCUT2D eigenvalue weighted by Gasteiger charge is 2.28. The summed E-state index contributed by atoms with van der Waals surface area (Å²) in [5.41, 5.74) is 0.964. The third kappa shape index (κ3) is 2.65.